The van der Waals surface area contributed by atoms with Crippen molar-refractivity contribution in [2.75, 3.05) is 4.90 Å². The Morgan fingerprint density at radius 2 is 0.964 bits per heavy atom. The van der Waals surface area contributed by atoms with Gasteiger partial charge in [-0.25, -0.2) is 0 Å². The molecular weight excluding hydrogens is 1020 g/mol. The number of nitrogens with zero attached hydrogens (tertiary/aromatic N) is 3. The first kappa shape index (κ1) is 50.4. The van der Waals surface area contributed by atoms with Gasteiger partial charge >= 0.3 is 0 Å². The van der Waals surface area contributed by atoms with Crippen molar-refractivity contribution in [2.24, 2.45) is 0 Å². The molecule has 5 heteroatoms. The third-order valence-electron chi connectivity index (χ3n) is 17.3. The van der Waals surface area contributed by atoms with Crippen LogP contribution in [0.3, 0.4) is 0 Å². The van der Waals surface area contributed by atoms with Crippen molar-refractivity contribution in [2.45, 2.75) is 44.4 Å². The monoisotopic (exact) mass is 1080 g/mol. The van der Waals surface area contributed by atoms with Crippen molar-refractivity contribution in [3.8, 4) is 50.2 Å². The van der Waals surface area contributed by atoms with Gasteiger partial charge in [0.25, 0.3) is 0 Å². The van der Waals surface area contributed by atoms with E-state index in [-0.39, 0.29) is 12.1 Å². The first-order chi connectivity index (χ1) is 40.7. The number of anilines is 3. The Kier molecular flexibility index (Phi) is 12.2. The Labute approximate surface area is 490 Å². The number of fused-ring (bicyclic) bond motifs is 8. The van der Waals surface area contributed by atoms with Crippen LogP contribution < -0.4 is 15.8 Å². The first-order valence-corrected chi connectivity index (χ1v) is 29.8. The van der Waals surface area contributed by atoms with E-state index < -0.39 is 0 Å². The van der Waals surface area contributed by atoms with Crippen LogP contribution in [0.4, 0.5) is 17.1 Å². The fraction of sp³-hybridized carbons (Fsp3) is 0.0769. The van der Waals surface area contributed by atoms with Gasteiger partial charge in [-0.1, -0.05) is 240 Å². The van der Waals surface area contributed by atoms with Crippen molar-refractivity contribution in [1.29, 1.82) is 0 Å². The van der Waals surface area contributed by atoms with Gasteiger partial charge in [0.1, 0.15) is 0 Å². The number of allylic oxidation sites excluding steroid dienone is 3. The molecular formula is C78H60BN3S. The highest BCUT2D eigenvalue weighted by Gasteiger charge is 2.40. The molecule has 0 unspecified atom stereocenters. The Morgan fingerprint density at radius 1 is 0.494 bits per heavy atom. The average Bonchev–Trinajstić information content (AvgIpc) is 3.17. The Balaban J connectivity index is 1.02. The summed E-state index contributed by atoms with van der Waals surface area (Å²) in [6.07, 6.45) is 5.28. The Hall–Kier alpha value is -9.55. The normalized spacial score (nSPS) is 13.2. The molecule has 2 aromatic heterocycles. The molecule has 0 fully saturated rings. The van der Waals surface area contributed by atoms with E-state index in [1.165, 1.54) is 126 Å². The fourth-order valence-electron chi connectivity index (χ4n) is 13.1. The van der Waals surface area contributed by atoms with Gasteiger partial charge in [0, 0.05) is 65.2 Å². The maximum absolute atomic E-state index is 4.48. The lowest BCUT2D eigenvalue weighted by atomic mass is 9.38. The number of rotatable bonds is 10. The minimum Gasteiger partial charge on any atom is -0.310 e. The SMILES string of the molecule is C=C/C(=C\C1=CB2c3ccc(-n4c5ccccc5c5ccccc54)cc3N(c3c(-c4ccc(-c5ccccc5)cc4)cc(C(C)(C)C)cc3-c3ccc(-c4ccccc4)cc3)c3cc(CC)cc(c32)S1)n1c2ccccc2c2ccccc21. The quantitative estimate of drug-likeness (QED) is 0.100. The highest BCUT2D eigenvalue weighted by molar-refractivity contribution is 8.03. The number of aryl methyl sites for hydroxylation is 1. The number of hydrogen-bond donors (Lipinski definition) is 0. The maximum atomic E-state index is 4.48. The van der Waals surface area contributed by atoms with Crippen LogP contribution in [-0.2, 0) is 11.8 Å². The summed E-state index contributed by atoms with van der Waals surface area (Å²) < 4.78 is 4.87. The minimum atomic E-state index is -0.166. The van der Waals surface area contributed by atoms with Crippen LogP contribution in [0.5, 0.6) is 0 Å². The number of aromatic nitrogens is 2. The lowest BCUT2D eigenvalue weighted by molar-refractivity contribution is 0.591. The molecule has 0 N–H and O–H groups in total. The van der Waals surface area contributed by atoms with E-state index in [0.717, 1.165) is 29.2 Å². The van der Waals surface area contributed by atoms with Gasteiger partial charge in [-0.2, -0.15) is 0 Å². The van der Waals surface area contributed by atoms with Crippen LogP contribution >= 0.6 is 11.8 Å². The summed E-state index contributed by atoms with van der Waals surface area (Å²) in [5.74, 6) is 2.53. The second-order valence-electron chi connectivity index (χ2n) is 23.2. The summed E-state index contributed by atoms with van der Waals surface area (Å²) in [6, 6.07) is 92.6. The minimum absolute atomic E-state index is 0.0582. The van der Waals surface area contributed by atoms with Crippen LogP contribution in [0.1, 0.15) is 38.8 Å². The summed E-state index contributed by atoms with van der Waals surface area (Å²) >= 11 is 1.88. The van der Waals surface area contributed by atoms with E-state index in [2.05, 4.69) is 309 Å². The maximum Gasteiger partial charge on any atom is 0.242 e. The number of para-hydroxylation sites is 4. The zero-order chi connectivity index (χ0) is 55.9. The molecule has 83 heavy (non-hydrogen) atoms. The van der Waals surface area contributed by atoms with Crippen molar-refractivity contribution >= 4 is 95.8 Å². The second kappa shape index (κ2) is 20.2. The van der Waals surface area contributed by atoms with Crippen molar-refractivity contribution in [3.05, 3.63) is 289 Å². The molecule has 2 aliphatic heterocycles. The van der Waals surface area contributed by atoms with Crippen LogP contribution in [0, 0.1) is 0 Å². The highest BCUT2D eigenvalue weighted by Crippen LogP contribution is 2.52. The van der Waals surface area contributed by atoms with Gasteiger partial charge in [0.15, 0.2) is 0 Å². The molecule has 0 radical (unpaired) electrons. The smallest absolute Gasteiger partial charge is 0.242 e. The molecule has 396 valence electrons. The van der Waals surface area contributed by atoms with E-state index in [9.17, 15) is 0 Å². The summed E-state index contributed by atoms with van der Waals surface area (Å²) in [6.45, 7) is 13.8. The predicted molar refractivity (Wildman–Crippen MR) is 358 cm³/mol. The highest BCUT2D eigenvalue weighted by atomic mass is 32.2. The average molecular weight is 1080 g/mol. The van der Waals surface area contributed by atoms with E-state index in [0.29, 0.717) is 0 Å². The number of thioether (sulfide) groups is 1. The molecule has 0 bridgehead atoms. The standard InChI is InChI=1S/C78H60BN3S/c1-6-51-44-74-76-75(45-51)83-61(48-59(7-2)80-69-30-18-14-26-62(69)63-27-15-19-31-70(63)80)50-79(76)68-43-42-60(81-71-32-20-16-28-64(71)65-29-17-21-33-72(65)81)49-73(68)82(74)77-66(56-38-34-54(35-39-56)52-22-10-8-11-23-52)46-58(78(3,4)5)47-67(77)57-40-36-55(37-41-57)53-24-12-9-13-25-53/h7-50H,2,6H2,1,3-5H3/b59-48+. The third-order valence-corrected chi connectivity index (χ3v) is 18.3. The van der Waals surface area contributed by atoms with E-state index >= 15 is 0 Å². The molecule has 13 aromatic rings. The molecule has 15 rings (SSSR count). The molecule has 0 spiro atoms. The van der Waals surface area contributed by atoms with Gasteiger partial charge in [0.2, 0.25) is 6.71 Å². The molecule has 0 saturated carbocycles. The lowest BCUT2D eigenvalue weighted by Crippen LogP contribution is -2.51. The van der Waals surface area contributed by atoms with Crippen LogP contribution in [0.15, 0.2) is 283 Å². The van der Waals surface area contributed by atoms with Crippen LogP contribution in [0.25, 0.3) is 99.5 Å². The molecule has 0 atom stereocenters. The molecule has 11 aromatic carbocycles. The molecule has 0 saturated heterocycles. The zero-order valence-corrected chi connectivity index (χ0v) is 48.0. The number of benzene rings is 11. The van der Waals surface area contributed by atoms with Gasteiger partial charge < -0.3 is 14.0 Å². The zero-order valence-electron chi connectivity index (χ0n) is 47.1. The molecule has 0 amide bonds. The van der Waals surface area contributed by atoms with Crippen LogP contribution in [-0.4, -0.2) is 15.8 Å². The molecule has 0 aliphatic carbocycles. The second-order valence-corrected chi connectivity index (χ2v) is 24.3. The van der Waals surface area contributed by atoms with Crippen molar-refractivity contribution in [3.63, 3.8) is 0 Å². The number of hydrogen-bond acceptors (Lipinski definition) is 2. The summed E-state index contributed by atoms with van der Waals surface area (Å²) in [5, 5.41) is 4.95. The van der Waals surface area contributed by atoms with Crippen molar-refractivity contribution < 1.29 is 0 Å². The van der Waals surface area contributed by atoms with Gasteiger partial charge in [-0.05, 0) is 140 Å². The Bertz CT molecular complexity index is 4570. The summed E-state index contributed by atoms with van der Waals surface area (Å²) in [5.41, 5.74) is 24.9. The topological polar surface area (TPSA) is 13.1 Å². The first-order valence-electron chi connectivity index (χ1n) is 29.0. The fourth-order valence-corrected chi connectivity index (χ4v) is 14.3. The lowest BCUT2D eigenvalue weighted by Gasteiger charge is -2.41. The molecule has 3 nitrogen and oxygen atoms in total. The largest absolute Gasteiger partial charge is 0.310 e. The summed E-state index contributed by atoms with van der Waals surface area (Å²) in [4.78, 5) is 5.15. The van der Waals surface area contributed by atoms with E-state index in [4.69, 9.17) is 0 Å². The van der Waals surface area contributed by atoms with Gasteiger partial charge in [-0.15, -0.1) is 0 Å². The Morgan fingerprint density at radius 3 is 1.47 bits per heavy atom. The van der Waals surface area contributed by atoms with Crippen molar-refractivity contribution in [1.82, 2.24) is 9.13 Å². The predicted octanol–water partition coefficient (Wildman–Crippen LogP) is 20.1. The molecule has 4 heterocycles. The molecule has 2 aliphatic rings. The van der Waals surface area contributed by atoms with Crippen LogP contribution in [0.2, 0.25) is 0 Å². The van der Waals surface area contributed by atoms with Gasteiger partial charge in [0.05, 0.1) is 27.8 Å². The van der Waals surface area contributed by atoms with E-state index in [1.54, 1.807) is 0 Å². The van der Waals surface area contributed by atoms with E-state index in [1.807, 2.05) is 17.8 Å². The summed E-state index contributed by atoms with van der Waals surface area (Å²) in [7, 11) is 0. The van der Waals surface area contributed by atoms with Gasteiger partial charge in [-0.3, -0.25) is 0 Å². The third kappa shape index (κ3) is 8.52.